The van der Waals surface area contributed by atoms with Gasteiger partial charge in [0.25, 0.3) is 5.91 Å². The lowest BCUT2D eigenvalue weighted by Crippen LogP contribution is -2.48. The summed E-state index contributed by atoms with van der Waals surface area (Å²) < 4.78 is 6.42. The van der Waals surface area contributed by atoms with Crippen LogP contribution in [0.2, 0.25) is 0 Å². The average Bonchev–Trinajstić information content (AvgIpc) is 3.13. The Labute approximate surface area is 190 Å². The number of amides is 1. The molecule has 2 aliphatic rings. The van der Waals surface area contributed by atoms with Crippen molar-refractivity contribution in [1.82, 2.24) is 5.32 Å². The van der Waals surface area contributed by atoms with Gasteiger partial charge in [-0.15, -0.1) is 0 Å². The highest BCUT2D eigenvalue weighted by Gasteiger charge is 2.50. The van der Waals surface area contributed by atoms with Crippen LogP contribution in [-0.4, -0.2) is 25.1 Å². The smallest absolute Gasteiger partial charge is 0.255 e. The van der Waals surface area contributed by atoms with Gasteiger partial charge in [0.2, 0.25) is 0 Å². The van der Waals surface area contributed by atoms with Crippen molar-refractivity contribution in [3.8, 4) is 16.9 Å². The number of ether oxygens (including phenoxy) is 1. The summed E-state index contributed by atoms with van der Waals surface area (Å²) in [6, 6.07) is 24.1. The number of fused-ring (bicyclic) bond motifs is 2. The molecule has 0 aliphatic carbocycles. The number of piperidine rings is 1. The fourth-order valence-corrected chi connectivity index (χ4v) is 5.35. The average molecular weight is 427 g/mol. The zero-order chi connectivity index (χ0) is 22.1. The van der Waals surface area contributed by atoms with Crippen molar-refractivity contribution in [1.29, 1.82) is 0 Å². The minimum Gasteiger partial charge on any atom is -0.489 e. The first-order valence-corrected chi connectivity index (χ1v) is 11.6. The molecule has 0 aromatic heterocycles. The number of benzene rings is 3. The molecule has 5 rings (SSSR count). The van der Waals surface area contributed by atoms with Crippen molar-refractivity contribution in [2.45, 2.75) is 38.2 Å². The first kappa shape index (κ1) is 20.8. The number of hydrogen-bond acceptors (Lipinski definition) is 3. The highest BCUT2D eigenvalue weighted by molar-refractivity contribution is 6.04. The van der Waals surface area contributed by atoms with Crippen LogP contribution in [0.25, 0.3) is 11.1 Å². The molecule has 1 fully saturated rings. The lowest BCUT2D eigenvalue weighted by atomic mass is 9.67. The number of carbonyl (C=O) groups excluding carboxylic acids is 1. The Morgan fingerprint density at radius 1 is 0.969 bits per heavy atom. The van der Waals surface area contributed by atoms with Crippen molar-refractivity contribution in [3.05, 3.63) is 83.9 Å². The molecule has 2 aliphatic heterocycles. The van der Waals surface area contributed by atoms with Crippen molar-refractivity contribution in [3.63, 3.8) is 0 Å². The van der Waals surface area contributed by atoms with Gasteiger partial charge in [0.1, 0.15) is 11.9 Å². The predicted octanol–water partition coefficient (Wildman–Crippen LogP) is 5.64. The van der Waals surface area contributed by atoms with Gasteiger partial charge in [-0.25, -0.2) is 0 Å². The summed E-state index contributed by atoms with van der Waals surface area (Å²) in [6.45, 7) is 6.47. The Hall–Kier alpha value is -3.11. The topological polar surface area (TPSA) is 50.4 Å². The second-order valence-electron chi connectivity index (χ2n) is 9.30. The summed E-state index contributed by atoms with van der Waals surface area (Å²) in [6.07, 6.45) is 2.29. The van der Waals surface area contributed by atoms with Gasteiger partial charge in [0.05, 0.1) is 0 Å². The third kappa shape index (κ3) is 3.69. The summed E-state index contributed by atoms with van der Waals surface area (Å²) in [5, 5.41) is 6.59. The molecule has 0 saturated carbocycles. The summed E-state index contributed by atoms with van der Waals surface area (Å²) >= 11 is 0. The SMILES string of the molecule is CC(C)[C@H]1Oc2ccc(NC(=O)c3ccc(-c4ccccc4)cc3)cc2C12CCNCC2. The molecule has 1 spiro atoms. The Bertz CT molecular complexity index is 1100. The minimum atomic E-state index is -0.0942. The molecule has 2 heterocycles. The molecule has 1 saturated heterocycles. The zero-order valence-corrected chi connectivity index (χ0v) is 18.7. The quantitative estimate of drug-likeness (QED) is 0.567. The van der Waals surface area contributed by atoms with Crippen LogP contribution in [0.1, 0.15) is 42.6 Å². The maximum Gasteiger partial charge on any atom is 0.255 e. The Morgan fingerprint density at radius 3 is 2.34 bits per heavy atom. The van der Waals surface area contributed by atoms with Gasteiger partial charge >= 0.3 is 0 Å². The van der Waals surface area contributed by atoms with Crippen LogP contribution >= 0.6 is 0 Å². The molecule has 0 bridgehead atoms. The Kier molecular flexibility index (Phi) is 5.48. The number of carbonyl (C=O) groups is 1. The standard InChI is InChI=1S/C28H30N2O2/c1-19(2)26-28(14-16-29-17-15-28)24-18-23(12-13-25(24)32-26)30-27(31)22-10-8-21(9-11-22)20-6-4-3-5-7-20/h3-13,18-19,26,29H,14-17H2,1-2H3,(H,30,31)/t26-/m1/s1. The van der Waals surface area contributed by atoms with Crippen LogP contribution in [0.5, 0.6) is 5.75 Å². The van der Waals surface area contributed by atoms with E-state index in [-0.39, 0.29) is 17.4 Å². The van der Waals surface area contributed by atoms with E-state index in [1.54, 1.807) is 0 Å². The highest BCUT2D eigenvalue weighted by atomic mass is 16.5. The monoisotopic (exact) mass is 426 g/mol. The van der Waals surface area contributed by atoms with E-state index >= 15 is 0 Å². The maximum atomic E-state index is 13.0. The van der Waals surface area contributed by atoms with Crippen molar-refractivity contribution in [2.24, 2.45) is 5.92 Å². The third-order valence-corrected chi connectivity index (χ3v) is 6.93. The third-order valence-electron chi connectivity index (χ3n) is 6.93. The van der Waals surface area contributed by atoms with Gasteiger partial charge in [-0.05, 0) is 73.3 Å². The largest absolute Gasteiger partial charge is 0.489 e. The summed E-state index contributed by atoms with van der Waals surface area (Å²) in [4.78, 5) is 13.0. The van der Waals surface area contributed by atoms with E-state index in [1.807, 2.05) is 54.6 Å². The van der Waals surface area contributed by atoms with Gasteiger partial charge in [0, 0.05) is 22.2 Å². The van der Waals surface area contributed by atoms with Gasteiger partial charge in [-0.3, -0.25) is 4.79 Å². The molecule has 0 unspecified atom stereocenters. The van der Waals surface area contributed by atoms with Crippen LogP contribution in [-0.2, 0) is 5.41 Å². The molecule has 32 heavy (non-hydrogen) atoms. The van der Waals surface area contributed by atoms with E-state index in [1.165, 1.54) is 5.56 Å². The second kappa shape index (κ2) is 8.44. The second-order valence-corrected chi connectivity index (χ2v) is 9.30. The molecule has 4 nitrogen and oxygen atoms in total. The summed E-state index contributed by atoms with van der Waals surface area (Å²) in [7, 11) is 0. The van der Waals surface area contributed by atoms with Crippen LogP contribution in [0.3, 0.4) is 0 Å². The molecule has 164 valence electrons. The van der Waals surface area contributed by atoms with Gasteiger partial charge in [-0.1, -0.05) is 56.3 Å². The zero-order valence-electron chi connectivity index (χ0n) is 18.7. The fourth-order valence-electron chi connectivity index (χ4n) is 5.35. The van der Waals surface area contributed by atoms with Crippen LogP contribution < -0.4 is 15.4 Å². The van der Waals surface area contributed by atoms with Crippen LogP contribution in [0.4, 0.5) is 5.69 Å². The van der Waals surface area contributed by atoms with Crippen molar-refractivity contribution in [2.75, 3.05) is 18.4 Å². The Morgan fingerprint density at radius 2 is 1.66 bits per heavy atom. The molecule has 3 aromatic rings. The molecule has 4 heteroatoms. The lowest BCUT2D eigenvalue weighted by Gasteiger charge is -2.40. The van der Waals surface area contributed by atoms with Crippen LogP contribution in [0, 0.1) is 5.92 Å². The van der Waals surface area contributed by atoms with E-state index < -0.39 is 0 Å². The first-order chi connectivity index (χ1) is 15.6. The maximum absolute atomic E-state index is 13.0. The minimum absolute atomic E-state index is 0.0207. The number of rotatable bonds is 4. The molecular formula is C28H30N2O2. The van der Waals surface area contributed by atoms with E-state index in [4.69, 9.17) is 4.74 Å². The van der Waals surface area contributed by atoms with Crippen molar-refractivity contribution < 1.29 is 9.53 Å². The predicted molar refractivity (Wildman–Crippen MR) is 129 cm³/mol. The highest BCUT2D eigenvalue weighted by Crippen LogP contribution is 2.51. The molecular weight excluding hydrogens is 396 g/mol. The number of anilines is 1. The summed E-state index contributed by atoms with van der Waals surface area (Å²) in [5.74, 6) is 1.31. The normalized spacial score (nSPS) is 18.9. The first-order valence-electron chi connectivity index (χ1n) is 11.6. The molecule has 1 atom stereocenters. The van der Waals surface area contributed by atoms with Gasteiger partial charge in [-0.2, -0.15) is 0 Å². The number of nitrogens with one attached hydrogen (secondary N) is 2. The molecule has 3 aromatic carbocycles. The molecule has 0 radical (unpaired) electrons. The summed E-state index contributed by atoms with van der Waals surface area (Å²) in [5.41, 5.74) is 4.99. The molecule has 2 N–H and O–H groups in total. The Balaban J connectivity index is 1.38. The fraction of sp³-hybridized carbons (Fsp3) is 0.321. The van der Waals surface area contributed by atoms with Gasteiger partial charge in [0.15, 0.2) is 0 Å². The van der Waals surface area contributed by atoms with Crippen LogP contribution in [0.15, 0.2) is 72.8 Å². The van der Waals surface area contributed by atoms with E-state index in [9.17, 15) is 4.79 Å². The van der Waals surface area contributed by atoms with E-state index in [0.717, 1.165) is 48.5 Å². The lowest BCUT2D eigenvalue weighted by molar-refractivity contribution is 0.0781. The van der Waals surface area contributed by atoms with Crippen molar-refractivity contribution >= 4 is 11.6 Å². The van der Waals surface area contributed by atoms with Gasteiger partial charge < -0.3 is 15.4 Å². The van der Waals surface area contributed by atoms with E-state index in [2.05, 4.69) is 42.7 Å². The molecule has 1 amide bonds. The van der Waals surface area contributed by atoms with E-state index in [0.29, 0.717) is 11.5 Å². The number of hydrogen-bond donors (Lipinski definition) is 2.